The summed E-state index contributed by atoms with van der Waals surface area (Å²) in [5.74, 6) is 1.73. The van der Waals surface area contributed by atoms with Crippen LogP contribution in [-0.4, -0.2) is 14.5 Å². The van der Waals surface area contributed by atoms with Gasteiger partial charge in [-0.15, -0.1) is 34.8 Å². The predicted octanol–water partition coefficient (Wildman–Crippen LogP) is 14.8. The Labute approximate surface area is 386 Å². The molecule has 0 spiro atoms. The molecular weight excluding hydrogens is 950 g/mol. The van der Waals surface area contributed by atoms with Gasteiger partial charge in [-0.2, -0.15) is 0 Å². The third-order valence-corrected chi connectivity index (χ3v) is 13.1. The van der Waals surface area contributed by atoms with Gasteiger partial charge in [-0.05, 0) is 103 Å². The van der Waals surface area contributed by atoms with E-state index in [0.29, 0.717) is 0 Å². The Kier molecular flexibility index (Phi) is 10.1. The molecule has 0 aliphatic carbocycles. The van der Waals surface area contributed by atoms with Crippen LogP contribution >= 0.6 is 0 Å². The van der Waals surface area contributed by atoms with Crippen molar-refractivity contribution in [2.45, 2.75) is 97.8 Å². The van der Waals surface area contributed by atoms with Crippen molar-refractivity contribution in [2.24, 2.45) is 0 Å². The smallest absolute Gasteiger partial charge is 0.656 e. The van der Waals surface area contributed by atoms with E-state index in [1.54, 1.807) is 0 Å². The second kappa shape index (κ2) is 14.9. The van der Waals surface area contributed by atoms with Gasteiger partial charge < -0.3 is 9.88 Å². The number of pyridine rings is 1. The standard InChI is InChI=1S/C57H55N5.Pt/c1-54(2,3)36-23-26-39(27-24-36)61-48-20-16-17-40(35-22-28-45-49(31-35)62(50-21-14-15-30-58-50)47-19-13-12-18-44(47)57(45,10)11)52(48)60-53(61)43-34-38(56(7,8)9)33-42-41-32-37(55(4,5)6)25-29-46(41)59-51(42)43;/h12-30,32-34H,1-11H3;/q-2;+2. The molecule has 5 nitrogen and oxygen atoms in total. The summed E-state index contributed by atoms with van der Waals surface area (Å²) >= 11 is 0. The van der Waals surface area contributed by atoms with Crippen LogP contribution in [0.4, 0.5) is 17.2 Å². The predicted molar refractivity (Wildman–Crippen MR) is 260 cm³/mol. The molecule has 3 aromatic heterocycles. The van der Waals surface area contributed by atoms with Gasteiger partial charge in [-0.3, -0.25) is 4.57 Å². The molecule has 0 unspecified atom stereocenters. The Balaban J connectivity index is 0.00000504. The molecule has 0 fully saturated rings. The molecule has 0 saturated heterocycles. The second-order valence-corrected chi connectivity index (χ2v) is 20.8. The van der Waals surface area contributed by atoms with E-state index < -0.39 is 0 Å². The fourth-order valence-electron chi connectivity index (χ4n) is 9.38. The van der Waals surface area contributed by atoms with Crippen molar-refractivity contribution in [2.75, 3.05) is 4.90 Å². The van der Waals surface area contributed by atoms with Gasteiger partial charge in [-0.1, -0.05) is 160 Å². The monoisotopic (exact) mass is 1000 g/mol. The zero-order valence-corrected chi connectivity index (χ0v) is 40.5. The summed E-state index contributed by atoms with van der Waals surface area (Å²) in [4.78, 5) is 18.3. The van der Waals surface area contributed by atoms with Gasteiger partial charge >= 0.3 is 21.1 Å². The van der Waals surface area contributed by atoms with Crippen LogP contribution < -0.4 is 9.88 Å². The second-order valence-electron chi connectivity index (χ2n) is 20.8. The molecular formula is C57H55N5Pt. The molecule has 0 atom stereocenters. The molecule has 10 rings (SSSR count). The number of fused-ring (bicyclic) bond motifs is 6. The zero-order chi connectivity index (χ0) is 43.5. The number of hydrogen-bond donors (Lipinski definition) is 0. The first-order chi connectivity index (χ1) is 29.4. The van der Waals surface area contributed by atoms with Crippen LogP contribution in [0.25, 0.3) is 61.0 Å². The molecule has 6 heteroatoms. The van der Waals surface area contributed by atoms with Crippen molar-refractivity contribution in [3.05, 3.63) is 167 Å². The Hall–Kier alpha value is -5.77. The molecule has 0 radical (unpaired) electrons. The van der Waals surface area contributed by atoms with E-state index in [2.05, 4.69) is 213 Å². The third kappa shape index (κ3) is 7.04. The average molecular weight is 1010 g/mol. The van der Waals surface area contributed by atoms with Gasteiger partial charge in [0.25, 0.3) is 0 Å². The first kappa shape index (κ1) is 42.5. The fourth-order valence-corrected chi connectivity index (χ4v) is 9.38. The minimum atomic E-state index is -0.251. The molecule has 6 aromatic carbocycles. The van der Waals surface area contributed by atoms with Crippen molar-refractivity contribution in [3.8, 4) is 28.2 Å². The van der Waals surface area contributed by atoms with Crippen molar-refractivity contribution in [1.29, 1.82) is 0 Å². The van der Waals surface area contributed by atoms with Gasteiger partial charge in [0, 0.05) is 23.1 Å². The van der Waals surface area contributed by atoms with Crippen LogP contribution in [0.2, 0.25) is 0 Å². The molecule has 318 valence electrons. The minimum Gasteiger partial charge on any atom is -0.656 e. The SMILES string of the molecule is CC(C)(C)c1ccc(-n2c(-c3cc(C(C)(C)C)cc4c3[n-]c3ccc(C(C)(C)C)cc34)nc3c(-c4[c-]c5c(cc4)C(C)(C)c4ccccc4N5c4ccccn4)cccc32)cc1.[Pt+2]. The molecule has 1 aliphatic heterocycles. The fraction of sp³-hybridized carbons (Fsp3) is 0.263. The molecule has 0 bridgehead atoms. The van der Waals surface area contributed by atoms with Crippen LogP contribution in [0.5, 0.6) is 0 Å². The van der Waals surface area contributed by atoms with Gasteiger partial charge in [-0.25, -0.2) is 9.97 Å². The summed E-state index contributed by atoms with van der Waals surface area (Å²) < 4.78 is 2.35. The molecule has 9 aromatic rings. The molecule has 63 heavy (non-hydrogen) atoms. The van der Waals surface area contributed by atoms with Crippen LogP contribution in [0, 0.1) is 6.07 Å². The van der Waals surface area contributed by atoms with Crippen LogP contribution in [0.15, 0.2) is 134 Å². The van der Waals surface area contributed by atoms with Crippen molar-refractivity contribution in [1.82, 2.24) is 19.5 Å². The van der Waals surface area contributed by atoms with E-state index in [1.807, 2.05) is 12.3 Å². The molecule has 4 heterocycles. The summed E-state index contributed by atoms with van der Waals surface area (Å²) in [5, 5.41) is 2.35. The number of benzene rings is 6. The molecule has 0 amide bonds. The number of nitrogens with zero attached hydrogens (tertiary/aromatic N) is 5. The minimum absolute atomic E-state index is 0. The number of rotatable bonds is 4. The van der Waals surface area contributed by atoms with E-state index in [9.17, 15) is 0 Å². The van der Waals surface area contributed by atoms with Crippen LogP contribution in [0.1, 0.15) is 104 Å². The summed E-state index contributed by atoms with van der Waals surface area (Å²) in [6.07, 6.45) is 1.86. The van der Waals surface area contributed by atoms with Crippen molar-refractivity contribution < 1.29 is 21.1 Å². The molecule has 0 saturated carbocycles. The number of hydrogen-bond acceptors (Lipinski definition) is 3. The van der Waals surface area contributed by atoms with E-state index in [4.69, 9.17) is 15.0 Å². The van der Waals surface area contributed by atoms with Crippen molar-refractivity contribution in [3.63, 3.8) is 0 Å². The van der Waals surface area contributed by atoms with Gasteiger partial charge in [0.15, 0.2) is 0 Å². The first-order valence-corrected chi connectivity index (χ1v) is 22.0. The van der Waals surface area contributed by atoms with E-state index >= 15 is 0 Å². The number of imidazole rings is 1. The van der Waals surface area contributed by atoms with Gasteiger partial charge in [0.1, 0.15) is 11.6 Å². The maximum Gasteiger partial charge on any atom is 2.00 e. The summed E-state index contributed by atoms with van der Waals surface area (Å²) in [7, 11) is 0. The van der Waals surface area contributed by atoms with Crippen molar-refractivity contribution >= 4 is 50.0 Å². The summed E-state index contributed by atoms with van der Waals surface area (Å²) in [6.45, 7) is 25.1. The summed E-state index contributed by atoms with van der Waals surface area (Å²) in [5.41, 5.74) is 16.1. The van der Waals surface area contributed by atoms with Crippen LogP contribution in [-0.2, 0) is 42.7 Å². The number of para-hydroxylation sites is 2. The Morgan fingerprint density at radius 1 is 0.603 bits per heavy atom. The van der Waals surface area contributed by atoms with E-state index in [-0.39, 0.29) is 42.7 Å². The largest absolute Gasteiger partial charge is 2.00 e. The first-order valence-electron chi connectivity index (χ1n) is 22.0. The van der Waals surface area contributed by atoms with Gasteiger partial charge in [0.2, 0.25) is 0 Å². The zero-order valence-electron chi connectivity index (χ0n) is 38.3. The Morgan fingerprint density at radius 2 is 1.29 bits per heavy atom. The normalized spacial score (nSPS) is 13.9. The Bertz CT molecular complexity index is 3200. The van der Waals surface area contributed by atoms with E-state index in [0.717, 1.165) is 72.8 Å². The quantitative estimate of drug-likeness (QED) is 0.165. The average Bonchev–Trinajstić information content (AvgIpc) is 3.81. The Morgan fingerprint density at radius 3 is 1.98 bits per heavy atom. The maximum atomic E-state index is 5.74. The third-order valence-electron chi connectivity index (χ3n) is 13.1. The van der Waals surface area contributed by atoms with E-state index in [1.165, 1.54) is 33.2 Å². The number of aromatic nitrogens is 4. The van der Waals surface area contributed by atoms with Crippen LogP contribution in [0.3, 0.4) is 0 Å². The number of anilines is 3. The summed E-state index contributed by atoms with van der Waals surface area (Å²) in [6, 6.07) is 50.4. The molecule has 1 aliphatic rings. The maximum absolute atomic E-state index is 5.74. The van der Waals surface area contributed by atoms with Gasteiger partial charge in [0.05, 0.1) is 11.0 Å². The molecule has 0 N–H and O–H groups in total. The topological polar surface area (TPSA) is 48.1 Å².